The van der Waals surface area contributed by atoms with Gasteiger partial charge >= 0.3 is 24.3 Å². The van der Waals surface area contributed by atoms with Crippen LogP contribution in [0, 0.1) is 0 Å². The number of esters is 2. The van der Waals surface area contributed by atoms with Gasteiger partial charge in [-0.05, 0) is 0 Å². The van der Waals surface area contributed by atoms with Crippen LogP contribution in [0.15, 0.2) is 0 Å². The summed E-state index contributed by atoms with van der Waals surface area (Å²) >= 11 is 0.256. The van der Waals surface area contributed by atoms with Crippen molar-refractivity contribution in [2.45, 2.75) is 12.4 Å². The fourth-order valence-corrected chi connectivity index (χ4v) is 0.837. The Morgan fingerprint density at radius 1 is 0.824 bits per heavy atom. The molecule has 0 fully saturated rings. The van der Waals surface area contributed by atoms with E-state index in [9.17, 15) is 35.9 Å². The zero-order valence-corrected chi connectivity index (χ0v) is 8.54. The van der Waals surface area contributed by atoms with Crippen molar-refractivity contribution < 1.29 is 45.4 Å². The number of carbonyl (C=O) groups is 2. The number of thioether (sulfide) groups is 1. The lowest BCUT2D eigenvalue weighted by Gasteiger charge is -2.08. The molecule has 4 nitrogen and oxygen atoms in total. The number of alkyl halides is 6. The number of rotatable bonds is 4. The highest BCUT2D eigenvalue weighted by molar-refractivity contribution is 7.99. The molecule has 0 saturated heterocycles. The number of hydrogen-bond donors (Lipinski definition) is 0. The largest absolute Gasteiger partial charge is 0.490 e. The van der Waals surface area contributed by atoms with E-state index in [0.29, 0.717) is 0 Å². The van der Waals surface area contributed by atoms with E-state index in [-0.39, 0.29) is 11.8 Å². The molecule has 0 saturated carbocycles. The summed E-state index contributed by atoms with van der Waals surface area (Å²) in [6.07, 6.45) is -10.4. The number of carbonyl (C=O) groups excluding carboxylic acids is 2. The van der Waals surface area contributed by atoms with E-state index in [2.05, 4.69) is 9.47 Å². The third-order valence-corrected chi connectivity index (χ3v) is 1.58. The minimum atomic E-state index is -5.18. The summed E-state index contributed by atoms with van der Waals surface area (Å²) in [5.74, 6) is -6.73. The zero-order chi connectivity index (χ0) is 13.7. The predicted octanol–water partition coefficient (Wildman–Crippen LogP) is 1.85. The van der Waals surface area contributed by atoms with Gasteiger partial charge in [0.25, 0.3) is 0 Å². The standard InChI is InChI=1S/C6H4F6O4S/c7-5(8,9)3(13)15-1-17-2-16-4(14)6(10,11)12/h1-2H2. The smallest absolute Gasteiger partial charge is 0.448 e. The van der Waals surface area contributed by atoms with E-state index in [1.807, 2.05) is 0 Å². The normalized spacial score (nSPS) is 12.1. The van der Waals surface area contributed by atoms with E-state index in [0.717, 1.165) is 0 Å². The van der Waals surface area contributed by atoms with Gasteiger partial charge < -0.3 is 9.47 Å². The first-order chi connectivity index (χ1) is 7.55. The number of halogens is 6. The quantitative estimate of drug-likeness (QED) is 0.341. The molecule has 0 unspecified atom stereocenters. The molecule has 0 spiro atoms. The molecule has 0 aliphatic rings. The van der Waals surface area contributed by atoms with Crippen molar-refractivity contribution in [1.82, 2.24) is 0 Å². The Hall–Kier alpha value is -1.13. The number of hydrogen-bond acceptors (Lipinski definition) is 5. The molecule has 0 N–H and O–H groups in total. The van der Waals surface area contributed by atoms with Crippen molar-refractivity contribution in [2.75, 3.05) is 11.9 Å². The first kappa shape index (κ1) is 15.9. The Bertz CT molecular complexity index is 257. The highest BCUT2D eigenvalue weighted by atomic mass is 32.2. The summed E-state index contributed by atoms with van der Waals surface area (Å²) < 4.78 is 76.4. The van der Waals surface area contributed by atoms with Crippen molar-refractivity contribution >= 4 is 23.7 Å². The molecular formula is C6H4F6O4S. The maximum absolute atomic E-state index is 11.5. The molecule has 0 bridgehead atoms. The van der Waals surface area contributed by atoms with Crippen LogP contribution in [0.2, 0.25) is 0 Å². The lowest BCUT2D eigenvalue weighted by Crippen LogP contribution is -2.26. The third kappa shape index (κ3) is 6.92. The Balaban J connectivity index is 3.68. The van der Waals surface area contributed by atoms with Crippen molar-refractivity contribution in [3.05, 3.63) is 0 Å². The van der Waals surface area contributed by atoms with Crippen LogP contribution in [0.3, 0.4) is 0 Å². The van der Waals surface area contributed by atoms with Gasteiger partial charge in [-0.15, -0.1) is 0 Å². The second-order valence-electron chi connectivity index (χ2n) is 2.30. The van der Waals surface area contributed by atoms with Gasteiger partial charge in [0.2, 0.25) is 0 Å². The molecular weight excluding hydrogens is 282 g/mol. The Labute approximate surface area is 94.2 Å². The minimum absolute atomic E-state index is 0.256. The van der Waals surface area contributed by atoms with E-state index in [1.54, 1.807) is 0 Å². The van der Waals surface area contributed by atoms with Gasteiger partial charge in [0.15, 0.2) is 0 Å². The molecule has 0 aromatic rings. The first-order valence-electron chi connectivity index (χ1n) is 3.61. The van der Waals surface area contributed by atoms with Crippen molar-refractivity contribution in [2.24, 2.45) is 0 Å². The van der Waals surface area contributed by atoms with Crippen LogP contribution in [-0.4, -0.2) is 36.2 Å². The summed E-state index contributed by atoms with van der Waals surface area (Å²) in [5, 5.41) is 0. The first-order valence-corrected chi connectivity index (χ1v) is 4.76. The van der Waals surface area contributed by atoms with E-state index >= 15 is 0 Å². The third-order valence-electron chi connectivity index (χ3n) is 1.01. The summed E-state index contributed by atoms with van der Waals surface area (Å²) in [5.41, 5.74) is 0. The monoisotopic (exact) mass is 286 g/mol. The fourth-order valence-electron chi connectivity index (χ4n) is 0.388. The Morgan fingerprint density at radius 3 is 1.35 bits per heavy atom. The maximum atomic E-state index is 11.5. The minimum Gasteiger partial charge on any atom is -0.448 e. The maximum Gasteiger partial charge on any atom is 0.490 e. The highest BCUT2D eigenvalue weighted by Gasteiger charge is 2.41. The average Bonchev–Trinajstić information content (AvgIpc) is 2.13. The highest BCUT2D eigenvalue weighted by Crippen LogP contribution is 2.19. The van der Waals surface area contributed by atoms with Gasteiger partial charge in [-0.3, -0.25) is 0 Å². The second-order valence-corrected chi connectivity index (χ2v) is 3.18. The van der Waals surface area contributed by atoms with Crippen molar-refractivity contribution in [3.63, 3.8) is 0 Å². The molecule has 0 aliphatic heterocycles. The molecule has 0 atom stereocenters. The van der Waals surface area contributed by atoms with Crippen LogP contribution in [0.1, 0.15) is 0 Å². The Kier molecular flexibility index (Phi) is 5.58. The summed E-state index contributed by atoms with van der Waals surface area (Å²) in [6.45, 7) is 0. The summed E-state index contributed by atoms with van der Waals surface area (Å²) in [6, 6.07) is 0. The van der Waals surface area contributed by atoms with Crippen LogP contribution < -0.4 is 0 Å². The molecule has 0 radical (unpaired) electrons. The zero-order valence-electron chi connectivity index (χ0n) is 7.72. The van der Waals surface area contributed by atoms with Crippen molar-refractivity contribution in [1.29, 1.82) is 0 Å². The van der Waals surface area contributed by atoms with Gasteiger partial charge in [-0.2, -0.15) is 26.3 Å². The SMILES string of the molecule is O=C(OCSCOC(=O)C(F)(F)F)C(F)(F)F. The van der Waals surface area contributed by atoms with Crippen LogP contribution in [-0.2, 0) is 19.1 Å². The molecule has 0 heterocycles. The summed E-state index contributed by atoms with van der Waals surface area (Å²) in [4.78, 5) is 20.1. The van der Waals surface area contributed by atoms with E-state index < -0.39 is 36.2 Å². The lowest BCUT2D eigenvalue weighted by atomic mass is 10.7. The molecule has 100 valence electrons. The molecule has 11 heteroatoms. The van der Waals surface area contributed by atoms with E-state index in [1.165, 1.54) is 0 Å². The van der Waals surface area contributed by atoms with Crippen LogP contribution in [0.25, 0.3) is 0 Å². The summed E-state index contributed by atoms with van der Waals surface area (Å²) in [7, 11) is 0. The van der Waals surface area contributed by atoms with Crippen LogP contribution >= 0.6 is 11.8 Å². The van der Waals surface area contributed by atoms with Gasteiger partial charge in [0.05, 0.1) is 0 Å². The molecule has 0 amide bonds. The van der Waals surface area contributed by atoms with Crippen LogP contribution in [0.5, 0.6) is 0 Å². The predicted molar refractivity (Wildman–Crippen MR) is 41.6 cm³/mol. The van der Waals surface area contributed by atoms with Gasteiger partial charge in [-0.1, -0.05) is 11.8 Å². The molecule has 17 heavy (non-hydrogen) atoms. The molecule has 0 aliphatic carbocycles. The van der Waals surface area contributed by atoms with Crippen LogP contribution in [0.4, 0.5) is 26.3 Å². The van der Waals surface area contributed by atoms with Crippen molar-refractivity contribution in [3.8, 4) is 0 Å². The lowest BCUT2D eigenvalue weighted by molar-refractivity contribution is -0.198. The fraction of sp³-hybridized carbons (Fsp3) is 0.667. The molecule has 0 aromatic heterocycles. The molecule has 0 rings (SSSR count). The van der Waals surface area contributed by atoms with Gasteiger partial charge in [-0.25, -0.2) is 9.59 Å². The average molecular weight is 286 g/mol. The van der Waals surface area contributed by atoms with Gasteiger partial charge in [0.1, 0.15) is 11.9 Å². The van der Waals surface area contributed by atoms with Gasteiger partial charge in [0, 0.05) is 0 Å². The Morgan fingerprint density at radius 2 is 1.12 bits per heavy atom. The number of ether oxygens (including phenoxy) is 2. The molecule has 0 aromatic carbocycles. The topological polar surface area (TPSA) is 52.6 Å². The van der Waals surface area contributed by atoms with E-state index in [4.69, 9.17) is 0 Å². The second kappa shape index (κ2) is 5.98.